The second-order valence-electron chi connectivity index (χ2n) is 9.42. The molecule has 40 heavy (non-hydrogen) atoms. The molecule has 0 N–H and O–H groups in total. The van der Waals surface area contributed by atoms with Crippen LogP contribution in [0.25, 0.3) is 0 Å². The average Bonchev–Trinajstić information content (AvgIpc) is 2.94. The van der Waals surface area contributed by atoms with Crippen molar-refractivity contribution >= 4 is 40.0 Å². The molecule has 0 aromatic heterocycles. The second-order valence-corrected chi connectivity index (χ2v) is 19.3. The quantitative estimate of drug-likeness (QED) is 0.0774. The topological polar surface area (TPSA) is 105 Å². The molecule has 0 radical (unpaired) electrons. The van der Waals surface area contributed by atoms with Crippen LogP contribution in [-0.2, 0) is 38.1 Å². The molecule has 0 saturated heterocycles. The van der Waals surface area contributed by atoms with Crippen molar-refractivity contribution < 1.29 is 38.1 Å². The van der Waals surface area contributed by atoms with Crippen molar-refractivity contribution in [3.05, 3.63) is 11.1 Å². The number of ether oxygens (including phenoxy) is 4. The summed E-state index contributed by atoms with van der Waals surface area (Å²) in [4.78, 5) is 48.3. The van der Waals surface area contributed by atoms with Crippen LogP contribution in [0.3, 0.4) is 0 Å². The fourth-order valence-electron chi connectivity index (χ4n) is 3.91. The van der Waals surface area contributed by atoms with Gasteiger partial charge in [0.2, 0.25) is 0 Å². The van der Waals surface area contributed by atoms with Gasteiger partial charge in [-0.05, 0) is 50.1 Å². The number of carbonyl (C=O) groups is 4. The van der Waals surface area contributed by atoms with Gasteiger partial charge in [0, 0.05) is 0 Å². The Morgan fingerprint density at radius 3 is 1.00 bits per heavy atom. The number of rotatable bonds is 16. The Labute approximate surface area is 242 Å². The molecule has 0 atom stereocenters. The first-order valence-corrected chi connectivity index (χ1v) is 19.7. The maximum atomic E-state index is 12.4. The highest BCUT2D eigenvalue weighted by atomic mass is 28.3. The van der Waals surface area contributed by atoms with Crippen LogP contribution in [0.1, 0.15) is 68.2 Å². The lowest BCUT2D eigenvalue weighted by Crippen LogP contribution is -2.30. The van der Waals surface area contributed by atoms with Gasteiger partial charge in [0.05, 0.1) is 24.4 Å². The minimum atomic E-state index is -1.89. The number of carbonyl (C=O) groups excluding carboxylic acids is 4. The Hall–Kier alpha value is -2.83. The van der Waals surface area contributed by atoms with Crippen molar-refractivity contribution in [3.8, 4) is 22.9 Å². The van der Waals surface area contributed by atoms with E-state index in [4.69, 9.17) is 18.9 Å². The van der Waals surface area contributed by atoms with Gasteiger partial charge in [-0.2, -0.15) is 0 Å². The number of esters is 4. The van der Waals surface area contributed by atoms with E-state index >= 15 is 0 Å². The predicted octanol–water partition coefficient (Wildman–Crippen LogP) is 5.38. The Morgan fingerprint density at radius 1 is 0.475 bits per heavy atom. The Kier molecular flexibility index (Phi) is 18.7. The van der Waals surface area contributed by atoms with E-state index in [1.165, 1.54) is 0 Å². The largest absolute Gasteiger partial charge is 0.466 e. The number of hydrogen-bond donors (Lipinski definition) is 0. The van der Waals surface area contributed by atoms with E-state index < -0.39 is 52.9 Å². The highest BCUT2D eigenvalue weighted by Gasteiger charge is 2.26. The van der Waals surface area contributed by atoms with Crippen molar-refractivity contribution in [2.75, 3.05) is 26.4 Å². The van der Waals surface area contributed by atoms with Crippen LogP contribution >= 0.6 is 0 Å². The van der Waals surface area contributed by atoms with Gasteiger partial charge in [0.25, 0.3) is 0 Å². The zero-order chi connectivity index (χ0) is 30.6. The standard InChI is InChI=1S/C30H48O8Si2/c1-9-35-27(31)21-29(33)37-23-25(17-19-39(11-3,12-4)13-5)26(18-20-40(14-6,15-7)16-8)24-38-30(34)22-28(32)36-10-2/h9-16,21-24H2,1-8H3/b26-25+. The first-order valence-electron chi connectivity index (χ1n) is 14.4. The summed E-state index contributed by atoms with van der Waals surface area (Å²) in [6.45, 7) is 16.0. The van der Waals surface area contributed by atoms with Gasteiger partial charge in [0.15, 0.2) is 0 Å². The van der Waals surface area contributed by atoms with E-state index in [9.17, 15) is 19.2 Å². The third-order valence-corrected chi connectivity index (χ3v) is 16.8. The minimum absolute atomic E-state index is 0.162. The molecule has 0 unspecified atom stereocenters. The molecule has 0 aliphatic carbocycles. The normalized spacial score (nSPS) is 11.6. The third-order valence-electron chi connectivity index (χ3n) is 7.33. The van der Waals surface area contributed by atoms with Gasteiger partial charge < -0.3 is 18.9 Å². The highest BCUT2D eigenvalue weighted by Crippen LogP contribution is 2.21. The first kappa shape index (κ1) is 37.2. The third kappa shape index (κ3) is 13.5. The summed E-state index contributed by atoms with van der Waals surface area (Å²) in [5.41, 5.74) is 7.88. The van der Waals surface area contributed by atoms with E-state index in [0.29, 0.717) is 11.1 Å². The Balaban J connectivity index is 6.66. The zero-order valence-electron chi connectivity index (χ0n) is 25.8. The van der Waals surface area contributed by atoms with Crippen LogP contribution in [0.4, 0.5) is 0 Å². The van der Waals surface area contributed by atoms with Crippen LogP contribution in [-0.4, -0.2) is 66.5 Å². The maximum absolute atomic E-state index is 12.4. The molecule has 0 fully saturated rings. The van der Waals surface area contributed by atoms with Crippen molar-refractivity contribution in [3.63, 3.8) is 0 Å². The molecule has 0 aliphatic rings. The van der Waals surface area contributed by atoms with Crippen molar-refractivity contribution in [2.45, 2.75) is 104 Å². The summed E-state index contributed by atoms with van der Waals surface area (Å²) in [6.07, 6.45) is -1.03. The Morgan fingerprint density at radius 2 is 0.750 bits per heavy atom. The molecule has 0 aliphatic heterocycles. The molecule has 0 aromatic rings. The monoisotopic (exact) mass is 592 g/mol. The van der Waals surface area contributed by atoms with Crippen molar-refractivity contribution in [2.24, 2.45) is 0 Å². The van der Waals surface area contributed by atoms with E-state index in [0.717, 1.165) is 36.3 Å². The van der Waals surface area contributed by atoms with Crippen LogP contribution in [0.2, 0.25) is 36.3 Å². The molecule has 8 nitrogen and oxygen atoms in total. The lowest BCUT2D eigenvalue weighted by atomic mass is 10.1. The van der Waals surface area contributed by atoms with E-state index in [1.54, 1.807) is 13.8 Å². The SMILES string of the molecule is CCOC(=O)CC(=O)OC/C(C#C[Si](CC)(CC)CC)=C(\C#C[Si](CC)(CC)CC)COC(=O)CC(=O)OCC. The van der Waals surface area contributed by atoms with E-state index in [-0.39, 0.29) is 26.4 Å². The van der Waals surface area contributed by atoms with Crippen LogP contribution < -0.4 is 0 Å². The smallest absolute Gasteiger partial charge is 0.317 e. The van der Waals surface area contributed by atoms with Gasteiger partial charge in [-0.1, -0.05) is 53.4 Å². The summed E-state index contributed by atoms with van der Waals surface area (Å²) in [5.74, 6) is 3.68. The summed E-state index contributed by atoms with van der Waals surface area (Å²) in [7, 11) is -3.79. The molecular weight excluding hydrogens is 544 g/mol. The summed E-state index contributed by atoms with van der Waals surface area (Å²) < 4.78 is 20.5. The lowest BCUT2D eigenvalue weighted by molar-refractivity contribution is -0.155. The van der Waals surface area contributed by atoms with Gasteiger partial charge in [-0.15, -0.1) is 11.1 Å². The zero-order valence-corrected chi connectivity index (χ0v) is 27.8. The summed E-state index contributed by atoms with van der Waals surface area (Å²) in [5, 5.41) is 0. The van der Waals surface area contributed by atoms with Crippen molar-refractivity contribution in [1.82, 2.24) is 0 Å². The Bertz CT molecular complexity index is 906. The van der Waals surface area contributed by atoms with E-state index in [2.05, 4.69) is 64.5 Å². The average molecular weight is 593 g/mol. The fourth-order valence-corrected chi connectivity index (χ4v) is 8.80. The van der Waals surface area contributed by atoms with Crippen molar-refractivity contribution in [1.29, 1.82) is 0 Å². The summed E-state index contributed by atoms with van der Waals surface area (Å²) in [6, 6.07) is 5.81. The van der Waals surface area contributed by atoms with E-state index in [1.807, 2.05) is 0 Å². The molecule has 224 valence electrons. The van der Waals surface area contributed by atoms with Gasteiger partial charge >= 0.3 is 23.9 Å². The molecule has 0 saturated carbocycles. The molecule has 10 heteroatoms. The van der Waals surface area contributed by atoms with Gasteiger partial charge in [-0.25, -0.2) is 0 Å². The van der Waals surface area contributed by atoms with Crippen LogP contribution in [0.15, 0.2) is 11.1 Å². The molecule has 0 rings (SSSR count). The molecule has 0 spiro atoms. The van der Waals surface area contributed by atoms with Gasteiger partial charge in [-0.3, -0.25) is 19.2 Å². The fraction of sp³-hybridized carbons (Fsp3) is 0.667. The van der Waals surface area contributed by atoms with Gasteiger partial charge in [0.1, 0.15) is 42.2 Å². The highest BCUT2D eigenvalue weighted by molar-refractivity contribution is 6.87. The molecular formula is C30H48O8Si2. The predicted molar refractivity (Wildman–Crippen MR) is 161 cm³/mol. The summed E-state index contributed by atoms with van der Waals surface area (Å²) >= 11 is 0. The second kappa shape index (κ2) is 20.1. The maximum Gasteiger partial charge on any atom is 0.317 e. The lowest BCUT2D eigenvalue weighted by Gasteiger charge is -2.21. The molecule has 0 heterocycles. The first-order chi connectivity index (χ1) is 19.0. The van der Waals surface area contributed by atoms with Crippen LogP contribution in [0.5, 0.6) is 0 Å². The number of hydrogen-bond acceptors (Lipinski definition) is 8. The molecule has 0 amide bonds. The minimum Gasteiger partial charge on any atom is -0.466 e. The molecule has 0 bridgehead atoms. The molecule has 0 aromatic carbocycles. The van der Waals surface area contributed by atoms with Crippen LogP contribution in [0, 0.1) is 22.9 Å².